The third-order valence-electron chi connectivity index (χ3n) is 4.65. The summed E-state index contributed by atoms with van der Waals surface area (Å²) in [6, 6.07) is 10.3. The van der Waals surface area contributed by atoms with E-state index in [1.54, 1.807) is 30.5 Å². The molecule has 144 valence electrons. The van der Waals surface area contributed by atoms with Gasteiger partial charge in [0.1, 0.15) is 11.9 Å². The van der Waals surface area contributed by atoms with Gasteiger partial charge in [-0.15, -0.1) is 0 Å². The minimum Gasteiger partial charge on any atom is -0.491 e. The summed E-state index contributed by atoms with van der Waals surface area (Å²) in [6.07, 6.45) is 6.11. The molecule has 0 aliphatic carbocycles. The van der Waals surface area contributed by atoms with Crippen LogP contribution in [-0.4, -0.2) is 25.3 Å². The number of halogens is 1. The van der Waals surface area contributed by atoms with E-state index in [0.29, 0.717) is 16.7 Å². The normalized spacial score (nSPS) is 22.2. The van der Waals surface area contributed by atoms with E-state index in [2.05, 4.69) is 11.9 Å². The molecule has 2 atom stereocenters. The summed E-state index contributed by atoms with van der Waals surface area (Å²) in [7, 11) is -3.25. The van der Waals surface area contributed by atoms with Crippen molar-refractivity contribution in [2.75, 3.05) is 6.26 Å². The van der Waals surface area contributed by atoms with Crippen LogP contribution >= 0.6 is 11.6 Å². The molecule has 1 aromatic heterocycles. The van der Waals surface area contributed by atoms with Crippen molar-refractivity contribution >= 4 is 21.4 Å². The lowest BCUT2D eigenvalue weighted by molar-refractivity contribution is 0.0373. The van der Waals surface area contributed by atoms with E-state index in [4.69, 9.17) is 21.1 Å². The zero-order chi connectivity index (χ0) is 19.7. The predicted molar refractivity (Wildman–Crippen MR) is 105 cm³/mol. The van der Waals surface area contributed by atoms with E-state index < -0.39 is 15.4 Å². The van der Waals surface area contributed by atoms with E-state index in [1.165, 1.54) is 12.5 Å². The fraction of sp³-hybridized carbons (Fsp3) is 0.350. The molecule has 3 rings (SSSR count). The fourth-order valence-electron chi connectivity index (χ4n) is 3.38. The highest BCUT2D eigenvalue weighted by molar-refractivity contribution is 7.90. The maximum absolute atomic E-state index is 11.7. The molecule has 2 unspecified atom stereocenters. The van der Waals surface area contributed by atoms with Crippen LogP contribution in [0.25, 0.3) is 0 Å². The predicted octanol–water partition coefficient (Wildman–Crippen LogP) is 4.73. The topological polar surface area (TPSA) is 65.5 Å². The van der Waals surface area contributed by atoms with Gasteiger partial charge in [0.05, 0.1) is 15.8 Å². The highest BCUT2D eigenvalue weighted by Gasteiger charge is 2.44. The molecule has 0 saturated carbocycles. The first kappa shape index (κ1) is 19.7. The quantitative estimate of drug-likeness (QED) is 0.692. The van der Waals surface area contributed by atoms with Crippen molar-refractivity contribution in [1.29, 1.82) is 0 Å². The van der Waals surface area contributed by atoms with Crippen LogP contribution in [0.1, 0.15) is 38.2 Å². The van der Waals surface area contributed by atoms with Gasteiger partial charge in [-0.25, -0.2) is 13.4 Å². The maximum Gasteiger partial charge on any atom is 0.218 e. The number of sulfone groups is 1. The van der Waals surface area contributed by atoms with Crippen LogP contribution in [0, 0.1) is 0 Å². The zero-order valence-electron chi connectivity index (χ0n) is 15.5. The second-order valence-corrected chi connectivity index (χ2v) is 9.34. The molecular formula is C20H22ClNO4S. The second-order valence-electron chi connectivity index (χ2n) is 6.89. The molecule has 2 aromatic rings. The van der Waals surface area contributed by atoms with Crippen molar-refractivity contribution in [2.24, 2.45) is 0 Å². The lowest BCUT2D eigenvalue weighted by Gasteiger charge is -2.31. The van der Waals surface area contributed by atoms with Gasteiger partial charge in [0.25, 0.3) is 0 Å². The molecule has 0 radical (unpaired) electrons. The molecule has 5 nitrogen and oxygen atoms in total. The Balaban J connectivity index is 1.94. The Bertz CT molecular complexity index is 939. The summed E-state index contributed by atoms with van der Waals surface area (Å²) in [4.78, 5) is 4.47. The average Bonchev–Trinajstić information content (AvgIpc) is 2.93. The maximum atomic E-state index is 11.7. The molecular weight excluding hydrogens is 386 g/mol. The molecule has 2 heterocycles. The van der Waals surface area contributed by atoms with Gasteiger partial charge in [-0.2, -0.15) is 0 Å². The standard InChI is InChI=1S/C20H22ClNO4S/c1-4-11-20(2)19(14-5-8-16(9-6-14)27(3,23)24)17(13-25-20)26-18-10-7-15(21)12-22-18/h5-10,12-13,19H,4,11H2,1-3H3. The molecule has 1 aliphatic rings. The van der Waals surface area contributed by atoms with Crippen molar-refractivity contribution in [3.8, 4) is 5.88 Å². The average molecular weight is 408 g/mol. The molecule has 1 aliphatic heterocycles. The number of hydrogen-bond acceptors (Lipinski definition) is 5. The van der Waals surface area contributed by atoms with Gasteiger partial charge >= 0.3 is 0 Å². The molecule has 27 heavy (non-hydrogen) atoms. The number of nitrogens with zero attached hydrogens (tertiary/aromatic N) is 1. The lowest BCUT2D eigenvalue weighted by atomic mass is 9.80. The minimum absolute atomic E-state index is 0.177. The monoisotopic (exact) mass is 407 g/mol. The summed E-state index contributed by atoms with van der Waals surface area (Å²) in [6.45, 7) is 4.13. The molecule has 7 heteroatoms. The van der Waals surface area contributed by atoms with E-state index >= 15 is 0 Å². The van der Waals surface area contributed by atoms with E-state index in [1.807, 2.05) is 19.1 Å². The number of ether oxygens (including phenoxy) is 2. The Morgan fingerprint density at radius 1 is 1.22 bits per heavy atom. The summed E-state index contributed by atoms with van der Waals surface area (Å²) in [5, 5.41) is 0.530. The van der Waals surface area contributed by atoms with Crippen LogP contribution in [0.15, 0.2) is 59.5 Å². The highest BCUT2D eigenvalue weighted by atomic mass is 35.5. The Hall–Kier alpha value is -2.05. The van der Waals surface area contributed by atoms with Crippen LogP contribution < -0.4 is 4.74 Å². The van der Waals surface area contributed by atoms with Crippen molar-refractivity contribution in [3.05, 3.63) is 65.2 Å². The van der Waals surface area contributed by atoms with Gasteiger partial charge in [-0.05, 0) is 37.1 Å². The summed E-state index contributed by atoms with van der Waals surface area (Å²) in [5.74, 6) is 0.879. The third-order valence-corrected chi connectivity index (χ3v) is 6.00. The van der Waals surface area contributed by atoms with Gasteiger partial charge in [0.2, 0.25) is 5.88 Å². The highest BCUT2D eigenvalue weighted by Crippen LogP contribution is 2.46. The molecule has 0 N–H and O–H groups in total. The van der Waals surface area contributed by atoms with E-state index in [0.717, 1.165) is 18.4 Å². The van der Waals surface area contributed by atoms with Crippen molar-refractivity contribution in [1.82, 2.24) is 4.98 Å². The Labute approximate surface area is 164 Å². The van der Waals surface area contributed by atoms with Gasteiger partial charge in [0, 0.05) is 18.5 Å². The smallest absolute Gasteiger partial charge is 0.218 e. The van der Waals surface area contributed by atoms with Gasteiger partial charge < -0.3 is 9.47 Å². The Morgan fingerprint density at radius 2 is 1.93 bits per heavy atom. The molecule has 0 amide bonds. The number of rotatable bonds is 6. The Morgan fingerprint density at radius 3 is 2.48 bits per heavy atom. The van der Waals surface area contributed by atoms with Crippen LogP contribution in [0.3, 0.4) is 0 Å². The number of hydrogen-bond donors (Lipinski definition) is 0. The fourth-order valence-corrected chi connectivity index (χ4v) is 4.12. The first-order chi connectivity index (χ1) is 12.7. The van der Waals surface area contributed by atoms with Gasteiger partial charge in [0.15, 0.2) is 15.6 Å². The number of pyridine rings is 1. The van der Waals surface area contributed by atoms with Crippen molar-refractivity contribution in [2.45, 2.75) is 43.1 Å². The molecule has 0 bridgehead atoms. The SMILES string of the molecule is CCCC1(C)OC=C(Oc2ccc(Cl)cn2)C1c1ccc(S(C)(=O)=O)cc1. The van der Waals surface area contributed by atoms with Crippen LogP contribution in [0.2, 0.25) is 5.02 Å². The van der Waals surface area contributed by atoms with Gasteiger partial charge in [-0.1, -0.05) is 37.1 Å². The van der Waals surface area contributed by atoms with E-state index in [-0.39, 0.29) is 10.8 Å². The summed E-state index contributed by atoms with van der Waals surface area (Å²) in [5.41, 5.74) is 0.444. The van der Waals surface area contributed by atoms with Crippen LogP contribution in [0.4, 0.5) is 0 Å². The van der Waals surface area contributed by atoms with Crippen molar-refractivity contribution < 1.29 is 17.9 Å². The van der Waals surface area contributed by atoms with Crippen LogP contribution in [-0.2, 0) is 14.6 Å². The molecule has 1 aromatic carbocycles. The largest absolute Gasteiger partial charge is 0.491 e. The number of aromatic nitrogens is 1. The van der Waals surface area contributed by atoms with Gasteiger partial charge in [-0.3, -0.25) is 0 Å². The molecule has 0 fully saturated rings. The lowest BCUT2D eigenvalue weighted by Crippen LogP contribution is -2.32. The summed E-state index contributed by atoms with van der Waals surface area (Å²) >= 11 is 5.88. The first-order valence-electron chi connectivity index (χ1n) is 8.70. The minimum atomic E-state index is -3.25. The second kappa shape index (κ2) is 7.52. The Kier molecular flexibility index (Phi) is 5.49. The molecule has 0 spiro atoms. The first-order valence-corrected chi connectivity index (χ1v) is 11.0. The number of benzene rings is 1. The molecule has 0 saturated heterocycles. The third kappa shape index (κ3) is 4.28. The van der Waals surface area contributed by atoms with E-state index in [9.17, 15) is 8.42 Å². The van der Waals surface area contributed by atoms with Crippen LogP contribution in [0.5, 0.6) is 5.88 Å². The van der Waals surface area contributed by atoms with Crippen molar-refractivity contribution in [3.63, 3.8) is 0 Å². The zero-order valence-corrected chi connectivity index (χ0v) is 17.0. The summed E-state index contributed by atoms with van der Waals surface area (Å²) < 4.78 is 35.5.